The van der Waals surface area contributed by atoms with E-state index in [0.29, 0.717) is 5.41 Å². The standard InChI is InChI=1S/C10H14N2S/c1-2-8(1)10(3-4-10)7-12-9-11-5-6-13-9/h5-6,8H,1-4,7H2,(H,11,12). The Hall–Kier alpha value is -0.570. The SMILES string of the molecule is c1csc(NCC2(C3CC3)CC2)n1. The Kier molecular flexibility index (Phi) is 1.62. The zero-order valence-corrected chi connectivity index (χ0v) is 8.44. The van der Waals surface area contributed by atoms with Gasteiger partial charge in [-0.15, -0.1) is 11.3 Å². The molecule has 13 heavy (non-hydrogen) atoms. The summed E-state index contributed by atoms with van der Waals surface area (Å²) in [5.41, 5.74) is 0.686. The largest absolute Gasteiger partial charge is 0.361 e. The molecular formula is C10H14N2S. The van der Waals surface area contributed by atoms with Crippen molar-refractivity contribution >= 4 is 16.5 Å². The summed E-state index contributed by atoms with van der Waals surface area (Å²) in [6.07, 6.45) is 7.69. The van der Waals surface area contributed by atoms with Gasteiger partial charge in [-0.2, -0.15) is 0 Å². The van der Waals surface area contributed by atoms with Crippen LogP contribution < -0.4 is 5.32 Å². The molecule has 0 radical (unpaired) electrons. The summed E-state index contributed by atoms with van der Waals surface area (Å²) >= 11 is 1.70. The average Bonchev–Trinajstić information content (AvgIpc) is 3.02. The van der Waals surface area contributed by atoms with E-state index in [-0.39, 0.29) is 0 Å². The number of anilines is 1. The van der Waals surface area contributed by atoms with Gasteiger partial charge in [-0.25, -0.2) is 4.98 Å². The maximum Gasteiger partial charge on any atom is 0.182 e. The highest BCUT2D eigenvalue weighted by molar-refractivity contribution is 7.13. The van der Waals surface area contributed by atoms with Gasteiger partial charge in [0.25, 0.3) is 0 Å². The molecular weight excluding hydrogens is 180 g/mol. The third-order valence-corrected chi connectivity index (χ3v) is 4.09. The summed E-state index contributed by atoms with van der Waals surface area (Å²) in [7, 11) is 0. The second-order valence-corrected chi connectivity index (χ2v) is 5.22. The van der Waals surface area contributed by atoms with Crippen LogP contribution >= 0.6 is 11.3 Å². The molecule has 0 aromatic carbocycles. The van der Waals surface area contributed by atoms with Crippen molar-refractivity contribution in [1.29, 1.82) is 0 Å². The first-order valence-corrected chi connectivity index (χ1v) is 5.90. The van der Waals surface area contributed by atoms with Crippen molar-refractivity contribution in [3.63, 3.8) is 0 Å². The Bertz CT molecular complexity index is 286. The van der Waals surface area contributed by atoms with Crippen LogP contribution in [0.4, 0.5) is 5.13 Å². The average molecular weight is 194 g/mol. The summed E-state index contributed by atoms with van der Waals surface area (Å²) in [5.74, 6) is 1.04. The molecule has 3 heteroatoms. The fraction of sp³-hybridized carbons (Fsp3) is 0.700. The van der Waals surface area contributed by atoms with Gasteiger partial charge in [0.2, 0.25) is 0 Å². The van der Waals surface area contributed by atoms with E-state index in [1.54, 1.807) is 11.3 Å². The van der Waals surface area contributed by atoms with Gasteiger partial charge in [0.1, 0.15) is 0 Å². The number of nitrogens with zero attached hydrogens (tertiary/aromatic N) is 1. The van der Waals surface area contributed by atoms with E-state index in [4.69, 9.17) is 0 Å². The summed E-state index contributed by atoms with van der Waals surface area (Å²) in [6, 6.07) is 0. The molecule has 2 fully saturated rings. The number of rotatable bonds is 4. The number of thiazole rings is 1. The number of nitrogens with one attached hydrogen (secondary N) is 1. The van der Waals surface area contributed by atoms with Crippen molar-refractivity contribution in [1.82, 2.24) is 4.98 Å². The van der Waals surface area contributed by atoms with Gasteiger partial charge in [0, 0.05) is 18.1 Å². The van der Waals surface area contributed by atoms with Crippen LogP contribution in [-0.2, 0) is 0 Å². The molecule has 3 rings (SSSR count). The molecule has 2 aliphatic carbocycles. The van der Waals surface area contributed by atoms with E-state index in [9.17, 15) is 0 Å². The Morgan fingerprint density at radius 2 is 2.38 bits per heavy atom. The Morgan fingerprint density at radius 3 is 2.92 bits per heavy atom. The van der Waals surface area contributed by atoms with Gasteiger partial charge in [0.05, 0.1) is 0 Å². The van der Waals surface area contributed by atoms with Gasteiger partial charge in [-0.3, -0.25) is 0 Å². The number of hydrogen-bond acceptors (Lipinski definition) is 3. The van der Waals surface area contributed by atoms with E-state index in [2.05, 4.69) is 10.3 Å². The highest BCUT2D eigenvalue weighted by Crippen LogP contribution is 2.61. The smallest absolute Gasteiger partial charge is 0.182 e. The van der Waals surface area contributed by atoms with Gasteiger partial charge in [-0.05, 0) is 37.0 Å². The minimum absolute atomic E-state index is 0.686. The van der Waals surface area contributed by atoms with Crippen molar-refractivity contribution < 1.29 is 0 Å². The van der Waals surface area contributed by atoms with Gasteiger partial charge in [0.15, 0.2) is 5.13 Å². The van der Waals surface area contributed by atoms with Crippen LogP contribution in [0.1, 0.15) is 25.7 Å². The van der Waals surface area contributed by atoms with Crippen LogP contribution in [0.2, 0.25) is 0 Å². The molecule has 70 valence electrons. The van der Waals surface area contributed by atoms with E-state index in [1.807, 2.05) is 11.6 Å². The Labute approximate surface area is 82.4 Å². The molecule has 0 amide bonds. The van der Waals surface area contributed by atoms with Crippen LogP contribution in [0.25, 0.3) is 0 Å². The molecule has 2 saturated carbocycles. The topological polar surface area (TPSA) is 24.9 Å². The van der Waals surface area contributed by atoms with Crippen molar-refractivity contribution in [2.45, 2.75) is 25.7 Å². The summed E-state index contributed by atoms with van der Waals surface area (Å²) in [6.45, 7) is 1.16. The minimum Gasteiger partial charge on any atom is -0.361 e. The lowest BCUT2D eigenvalue weighted by Crippen LogP contribution is -2.17. The van der Waals surface area contributed by atoms with Crippen molar-refractivity contribution in [2.24, 2.45) is 11.3 Å². The van der Waals surface area contributed by atoms with Gasteiger partial charge >= 0.3 is 0 Å². The van der Waals surface area contributed by atoms with E-state index in [1.165, 1.54) is 25.7 Å². The second-order valence-electron chi connectivity index (χ2n) is 4.33. The van der Waals surface area contributed by atoms with E-state index >= 15 is 0 Å². The van der Waals surface area contributed by atoms with E-state index < -0.39 is 0 Å². The molecule has 2 nitrogen and oxygen atoms in total. The second kappa shape index (κ2) is 2.71. The first-order chi connectivity index (χ1) is 6.39. The van der Waals surface area contributed by atoms with Crippen molar-refractivity contribution in [2.75, 3.05) is 11.9 Å². The molecule has 1 aromatic heterocycles. The lowest BCUT2D eigenvalue weighted by atomic mass is 10.0. The lowest BCUT2D eigenvalue weighted by molar-refractivity contribution is 0.467. The molecule has 1 N–H and O–H groups in total. The predicted molar refractivity (Wildman–Crippen MR) is 55.0 cm³/mol. The summed E-state index contributed by atoms with van der Waals surface area (Å²) in [4.78, 5) is 4.23. The highest BCUT2D eigenvalue weighted by Gasteiger charge is 2.53. The molecule has 0 saturated heterocycles. The monoisotopic (exact) mass is 194 g/mol. The van der Waals surface area contributed by atoms with Gasteiger partial charge < -0.3 is 5.32 Å². The summed E-state index contributed by atoms with van der Waals surface area (Å²) < 4.78 is 0. The third-order valence-electron chi connectivity index (χ3n) is 3.36. The quantitative estimate of drug-likeness (QED) is 0.797. The fourth-order valence-electron chi connectivity index (χ4n) is 2.15. The third kappa shape index (κ3) is 1.46. The minimum atomic E-state index is 0.686. The zero-order chi connectivity index (χ0) is 8.73. The Balaban J connectivity index is 1.58. The van der Waals surface area contributed by atoms with Crippen molar-refractivity contribution in [3.8, 4) is 0 Å². The molecule has 1 heterocycles. The molecule has 0 spiro atoms. The van der Waals surface area contributed by atoms with Crippen LogP contribution in [0, 0.1) is 11.3 Å². The lowest BCUT2D eigenvalue weighted by Gasteiger charge is -2.13. The highest BCUT2D eigenvalue weighted by atomic mass is 32.1. The van der Waals surface area contributed by atoms with Gasteiger partial charge in [-0.1, -0.05) is 0 Å². The van der Waals surface area contributed by atoms with Crippen LogP contribution in [0.5, 0.6) is 0 Å². The first-order valence-electron chi connectivity index (χ1n) is 5.02. The first kappa shape index (κ1) is 7.80. The number of hydrogen-bond donors (Lipinski definition) is 1. The Morgan fingerprint density at radius 1 is 1.54 bits per heavy atom. The van der Waals surface area contributed by atoms with Crippen LogP contribution in [-0.4, -0.2) is 11.5 Å². The zero-order valence-electron chi connectivity index (χ0n) is 7.62. The van der Waals surface area contributed by atoms with Crippen molar-refractivity contribution in [3.05, 3.63) is 11.6 Å². The maximum atomic E-state index is 4.23. The normalized spacial score (nSPS) is 24.3. The summed E-state index contributed by atoms with van der Waals surface area (Å²) in [5, 5.41) is 6.57. The predicted octanol–water partition coefficient (Wildman–Crippen LogP) is 2.75. The molecule has 0 bridgehead atoms. The number of aromatic nitrogens is 1. The van der Waals surface area contributed by atoms with Crippen LogP contribution in [0.15, 0.2) is 11.6 Å². The molecule has 2 aliphatic rings. The molecule has 1 aromatic rings. The molecule has 0 atom stereocenters. The fourth-order valence-corrected chi connectivity index (χ4v) is 2.68. The maximum absolute atomic E-state index is 4.23. The molecule has 0 aliphatic heterocycles. The van der Waals surface area contributed by atoms with Crippen LogP contribution in [0.3, 0.4) is 0 Å². The van der Waals surface area contributed by atoms with E-state index in [0.717, 1.165) is 17.6 Å². The molecule has 0 unspecified atom stereocenters.